The standard InChI is InChI=1S/C15H16N8/c1-13(15(12-21)23(8-4-18)9-5-19)10-14(11-20)22(6-2-16)7-3-17/h13-15H,6-10H2,1H3. The van der Waals surface area contributed by atoms with Crippen LogP contribution in [0.3, 0.4) is 0 Å². The third-order valence-corrected chi connectivity index (χ3v) is 3.34. The molecule has 0 radical (unpaired) electrons. The van der Waals surface area contributed by atoms with Gasteiger partial charge in [0.05, 0.1) is 68.6 Å². The van der Waals surface area contributed by atoms with Crippen molar-refractivity contribution in [3.63, 3.8) is 0 Å². The van der Waals surface area contributed by atoms with Gasteiger partial charge in [0.15, 0.2) is 0 Å². The smallest absolute Gasteiger partial charge is 0.102 e. The summed E-state index contributed by atoms with van der Waals surface area (Å²) in [5, 5.41) is 53.8. The van der Waals surface area contributed by atoms with Crippen molar-refractivity contribution in [3.8, 4) is 36.4 Å². The van der Waals surface area contributed by atoms with Crippen molar-refractivity contribution in [2.24, 2.45) is 5.92 Å². The zero-order valence-electron chi connectivity index (χ0n) is 12.8. The molecule has 0 bridgehead atoms. The van der Waals surface area contributed by atoms with Gasteiger partial charge >= 0.3 is 0 Å². The SMILES string of the molecule is CC(CC(C#N)N(CC#N)CC#N)C(C#N)N(CC#N)CC#N. The van der Waals surface area contributed by atoms with E-state index in [1.165, 1.54) is 9.80 Å². The molecule has 0 aliphatic rings. The van der Waals surface area contributed by atoms with Gasteiger partial charge in [-0.1, -0.05) is 6.92 Å². The fourth-order valence-electron chi connectivity index (χ4n) is 2.23. The Bertz CT molecular complexity index is 583. The van der Waals surface area contributed by atoms with Crippen molar-refractivity contribution in [1.82, 2.24) is 9.80 Å². The largest absolute Gasteiger partial charge is 0.261 e. The molecule has 0 aliphatic carbocycles. The first-order valence-electron chi connectivity index (χ1n) is 6.84. The van der Waals surface area contributed by atoms with E-state index in [9.17, 15) is 10.5 Å². The number of hydrogen-bond acceptors (Lipinski definition) is 8. The van der Waals surface area contributed by atoms with E-state index >= 15 is 0 Å². The van der Waals surface area contributed by atoms with Gasteiger partial charge in [-0.15, -0.1) is 0 Å². The molecule has 0 saturated heterocycles. The van der Waals surface area contributed by atoms with Crippen LogP contribution in [0.4, 0.5) is 0 Å². The Morgan fingerprint density at radius 1 is 0.696 bits per heavy atom. The summed E-state index contributed by atoms with van der Waals surface area (Å²) in [5.41, 5.74) is 0. The molecular formula is C15H16N8. The average Bonchev–Trinajstić information content (AvgIpc) is 2.53. The van der Waals surface area contributed by atoms with Crippen LogP contribution >= 0.6 is 0 Å². The molecule has 0 rings (SSSR count). The molecule has 0 aromatic carbocycles. The normalized spacial score (nSPS) is 13.4. The van der Waals surface area contributed by atoms with E-state index < -0.39 is 12.1 Å². The molecule has 8 nitrogen and oxygen atoms in total. The minimum atomic E-state index is -0.698. The Balaban J connectivity index is 5.14. The van der Waals surface area contributed by atoms with Gasteiger partial charge in [-0.25, -0.2) is 0 Å². The van der Waals surface area contributed by atoms with Crippen LogP contribution < -0.4 is 0 Å². The van der Waals surface area contributed by atoms with E-state index in [0.717, 1.165) is 0 Å². The number of hydrogen-bond donors (Lipinski definition) is 0. The lowest BCUT2D eigenvalue weighted by Crippen LogP contribution is -2.43. The molecule has 8 heteroatoms. The predicted molar refractivity (Wildman–Crippen MR) is 78.2 cm³/mol. The van der Waals surface area contributed by atoms with Crippen LogP contribution in [-0.4, -0.2) is 48.1 Å². The van der Waals surface area contributed by atoms with Crippen molar-refractivity contribution in [2.45, 2.75) is 25.4 Å². The summed E-state index contributed by atoms with van der Waals surface area (Å²) in [6.45, 7) is 1.50. The van der Waals surface area contributed by atoms with Crippen LogP contribution in [0.25, 0.3) is 0 Å². The second kappa shape index (κ2) is 11.5. The molecule has 0 amide bonds. The molecule has 3 atom stereocenters. The van der Waals surface area contributed by atoms with E-state index in [4.69, 9.17) is 21.0 Å². The molecule has 0 aromatic rings. The van der Waals surface area contributed by atoms with Crippen LogP contribution in [0.2, 0.25) is 0 Å². The van der Waals surface area contributed by atoms with Crippen molar-refractivity contribution in [1.29, 1.82) is 31.6 Å². The molecule has 0 spiro atoms. The molecule has 3 unspecified atom stereocenters. The average molecular weight is 308 g/mol. The summed E-state index contributed by atoms with van der Waals surface area (Å²) < 4.78 is 0. The molecule has 0 fully saturated rings. The van der Waals surface area contributed by atoms with Crippen LogP contribution in [0, 0.1) is 73.9 Å². The molecule has 0 aliphatic heterocycles. The summed E-state index contributed by atoms with van der Waals surface area (Å²) in [4.78, 5) is 2.88. The zero-order valence-corrected chi connectivity index (χ0v) is 12.8. The monoisotopic (exact) mass is 308 g/mol. The van der Waals surface area contributed by atoms with Crippen molar-refractivity contribution < 1.29 is 0 Å². The number of nitrogens with zero attached hydrogens (tertiary/aromatic N) is 8. The van der Waals surface area contributed by atoms with E-state index in [0.29, 0.717) is 0 Å². The molecule has 0 N–H and O–H groups in total. The van der Waals surface area contributed by atoms with Crippen LogP contribution in [0.1, 0.15) is 13.3 Å². The molecule has 23 heavy (non-hydrogen) atoms. The molecule has 0 aromatic heterocycles. The molecule has 0 saturated carbocycles. The summed E-state index contributed by atoms with van der Waals surface area (Å²) in [6, 6.07) is 10.4. The fraction of sp³-hybridized carbons (Fsp3) is 0.600. The van der Waals surface area contributed by atoms with E-state index in [1.54, 1.807) is 6.92 Å². The predicted octanol–water partition coefficient (Wildman–Crippen LogP) is 0.495. The van der Waals surface area contributed by atoms with Gasteiger partial charge in [-0.05, 0) is 12.3 Å². The molecular weight excluding hydrogens is 292 g/mol. The summed E-state index contributed by atoms with van der Waals surface area (Å²) in [5.74, 6) is -0.314. The first kappa shape index (κ1) is 19.9. The van der Waals surface area contributed by atoms with Crippen LogP contribution in [-0.2, 0) is 0 Å². The van der Waals surface area contributed by atoms with Crippen molar-refractivity contribution in [3.05, 3.63) is 0 Å². The first-order valence-corrected chi connectivity index (χ1v) is 6.84. The molecule has 116 valence electrons. The summed E-state index contributed by atoms with van der Waals surface area (Å²) in [6.07, 6.45) is 0.255. The lowest BCUT2D eigenvalue weighted by atomic mass is 9.93. The summed E-state index contributed by atoms with van der Waals surface area (Å²) >= 11 is 0. The topological polar surface area (TPSA) is 149 Å². The maximum absolute atomic E-state index is 9.34. The zero-order chi connectivity index (χ0) is 17.7. The quantitative estimate of drug-likeness (QED) is 0.558. The minimum absolute atomic E-state index is 0.0597. The first-order chi connectivity index (χ1) is 11.1. The third-order valence-electron chi connectivity index (χ3n) is 3.34. The highest BCUT2D eigenvalue weighted by Gasteiger charge is 2.29. The third kappa shape index (κ3) is 6.44. The second-order valence-corrected chi connectivity index (χ2v) is 4.87. The van der Waals surface area contributed by atoms with Gasteiger partial charge in [-0.3, -0.25) is 9.80 Å². The van der Waals surface area contributed by atoms with Gasteiger partial charge < -0.3 is 0 Å². The van der Waals surface area contributed by atoms with Gasteiger partial charge in [0, 0.05) is 0 Å². The highest BCUT2D eigenvalue weighted by atomic mass is 15.2. The van der Waals surface area contributed by atoms with Crippen molar-refractivity contribution in [2.75, 3.05) is 26.2 Å². The highest BCUT2D eigenvalue weighted by Crippen LogP contribution is 2.19. The maximum Gasteiger partial charge on any atom is 0.102 e. The van der Waals surface area contributed by atoms with Gasteiger partial charge in [-0.2, -0.15) is 31.6 Å². The Morgan fingerprint density at radius 2 is 1.13 bits per heavy atom. The Morgan fingerprint density at radius 3 is 1.48 bits per heavy atom. The second-order valence-electron chi connectivity index (χ2n) is 4.87. The Kier molecular flexibility index (Phi) is 9.94. The van der Waals surface area contributed by atoms with Crippen molar-refractivity contribution >= 4 is 0 Å². The van der Waals surface area contributed by atoms with Gasteiger partial charge in [0.1, 0.15) is 6.04 Å². The Hall–Kier alpha value is -3.14. The fourth-order valence-corrected chi connectivity index (χ4v) is 2.23. The van der Waals surface area contributed by atoms with E-state index in [-0.39, 0.29) is 38.5 Å². The van der Waals surface area contributed by atoms with Crippen LogP contribution in [0.5, 0.6) is 0 Å². The number of rotatable bonds is 9. The van der Waals surface area contributed by atoms with Crippen LogP contribution in [0.15, 0.2) is 0 Å². The lowest BCUT2D eigenvalue weighted by molar-refractivity contribution is 0.188. The lowest BCUT2D eigenvalue weighted by Gasteiger charge is -2.30. The number of nitriles is 6. The molecule has 0 heterocycles. The van der Waals surface area contributed by atoms with E-state index in [1.807, 2.05) is 24.3 Å². The minimum Gasteiger partial charge on any atom is -0.261 e. The Labute approximate surface area is 136 Å². The summed E-state index contributed by atoms with van der Waals surface area (Å²) in [7, 11) is 0. The van der Waals surface area contributed by atoms with Gasteiger partial charge in [0.2, 0.25) is 0 Å². The highest BCUT2D eigenvalue weighted by molar-refractivity contribution is 5.04. The maximum atomic E-state index is 9.34. The van der Waals surface area contributed by atoms with E-state index in [2.05, 4.69) is 12.1 Å². The van der Waals surface area contributed by atoms with Gasteiger partial charge in [0.25, 0.3) is 0 Å².